The standard InChI is InChI=1S/C25H48N4O13/c1-2-29-7-13-17(34)19(36)20(37)25(39-13)42-23-10(27)5-9(6-12(32)11(31)3-4-26)22(21(23)38)41-24-18(35)15(28)16(33)14(8-30)40-24/h9-11,13-25,29-31,33-38H,2-8,26-28H2,1H3/t9-,10-,11-,13+,14+,15-,16+,17+,18+,19-,20+,21+,22-,23?,24+,25+/m0/s1. The molecule has 16 atom stereocenters. The Morgan fingerprint density at radius 1 is 0.905 bits per heavy atom. The molecule has 1 aliphatic carbocycles. The summed E-state index contributed by atoms with van der Waals surface area (Å²) >= 11 is 0. The second-order valence-electron chi connectivity index (χ2n) is 11.2. The van der Waals surface area contributed by atoms with Crippen molar-refractivity contribution in [2.24, 2.45) is 23.1 Å². The second kappa shape index (κ2) is 15.8. The van der Waals surface area contributed by atoms with Crippen LogP contribution in [0.5, 0.6) is 0 Å². The van der Waals surface area contributed by atoms with Crippen molar-refractivity contribution in [1.29, 1.82) is 0 Å². The third-order valence-electron chi connectivity index (χ3n) is 8.19. The Hall–Kier alpha value is -0.970. The van der Waals surface area contributed by atoms with Crippen LogP contribution in [-0.2, 0) is 23.7 Å². The summed E-state index contributed by atoms with van der Waals surface area (Å²) in [6.45, 7) is 1.88. The highest BCUT2D eigenvalue weighted by atomic mass is 16.7. The normalized spacial score (nSPS) is 45.5. The SMILES string of the molecule is CCNC[C@H]1O[C@H](OC2[C@@H](N)C[C@@H](CC(=O)[C@@H](O)CCN)[C@H](O[C@H]3O[C@H](CO)[C@@H](O)[C@H](N)[C@H]3O)[C@H]2O)[C@H](O)[C@@H](O)[C@@H]1O. The highest BCUT2D eigenvalue weighted by Crippen LogP contribution is 2.36. The lowest BCUT2D eigenvalue weighted by molar-refractivity contribution is -0.335. The molecular formula is C25H48N4O13. The van der Waals surface area contributed by atoms with Crippen molar-refractivity contribution in [2.75, 3.05) is 26.2 Å². The van der Waals surface area contributed by atoms with E-state index in [1.165, 1.54) is 0 Å². The fraction of sp³-hybridized carbons (Fsp3) is 0.960. The third kappa shape index (κ3) is 7.99. The van der Waals surface area contributed by atoms with E-state index in [2.05, 4.69) is 5.32 Å². The average molecular weight is 613 g/mol. The van der Waals surface area contributed by atoms with Crippen molar-refractivity contribution in [3.63, 3.8) is 0 Å². The maximum atomic E-state index is 12.7. The molecule has 1 saturated carbocycles. The van der Waals surface area contributed by atoms with Gasteiger partial charge >= 0.3 is 0 Å². The van der Waals surface area contributed by atoms with E-state index >= 15 is 0 Å². The zero-order valence-corrected chi connectivity index (χ0v) is 23.5. The molecule has 0 radical (unpaired) electrons. The van der Waals surface area contributed by atoms with Gasteiger partial charge in [0.1, 0.15) is 61.0 Å². The van der Waals surface area contributed by atoms with E-state index in [1.54, 1.807) is 0 Å². The van der Waals surface area contributed by atoms with Crippen molar-refractivity contribution < 1.29 is 64.6 Å². The number of Topliss-reactive ketones (excluding diaryl/α,β-unsaturated/α-hetero) is 1. The number of carbonyl (C=O) groups excluding carboxylic acids is 1. The molecule has 1 unspecified atom stereocenters. The van der Waals surface area contributed by atoms with Gasteiger partial charge in [0, 0.05) is 19.0 Å². The number of likely N-dealkylation sites (N-methyl/N-ethyl adjacent to an activating group) is 1. The van der Waals surface area contributed by atoms with Crippen LogP contribution in [0.2, 0.25) is 0 Å². The summed E-state index contributed by atoms with van der Waals surface area (Å²) in [6.07, 6.45) is -19.0. The Balaban J connectivity index is 1.84. The summed E-state index contributed by atoms with van der Waals surface area (Å²) < 4.78 is 23.0. The molecule has 0 bridgehead atoms. The highest BCUT2D eigenvalue weighted by molar-refractivity contribution is 5.83. The van der Waals surface area contributed by atoms with E-state index in [1.807, 2.05) is 6.92 Å². The van der Waals surface area contributed by atoms with E-state index in [0.717, 1.165) is 0 Å². The number of ether oxygens (including phenoxy) is 4. The molecule has 2 aliphatic heterocycles. The molecule has 42 heavy (non-hydrogen) atoms. The second-order valence-corrected chi connectivity index (χ2v) is 11.2. The first-order valence-corrected chi connectivity index (χ1v) is 14.3. The van der Waals surface area contributed by atoms with E-state index < -0.39 is 110 Å². The zero-order chi connectivity index (χ0) is 31.3. The van der Waals surface area contributed by atoms with Crippen LogP contribution in [0.4, 0.5) is 0 Å². The summed E-state index contributed by atoms with van der Waals surface area (Å²) in [5, 5.41) is 86.4. The molecule has 3 rings (SSSR count). The van der Waals surface area contributed by atoms with Crippen molar-refractivity contribution in [3.05, 3.63) is 0 Å². The Labute approximate surface area is 243 Å². The monoisotopic (exact) mass is 612 g/mol. The van der Waals surface area contributed by atoms with Crippen LogP contribution in [0.3, 0.4) is 0 Å². The van der Waals surface area contributed by atoms with E-state index in [9.17, 15) is 45.6 Å². The van der Waals surface area contributed by atoms with Gasteiger partial charge in [0.2, 0.25) is 0 Å². The number of nitrogens with two attached hydrogens (primary N) is 3. The molecule has 3 aliphatic rings. The maximum Gasteiger partial charge on any atom is 0.187 e. The molecule has 246 valence electrons. The lowest BCUT2D eigenvalue weighted by atomic mass is 9.76. The van der Waals surface area contributed by atoms with E-state index in [4.69, 9.17) is 36.1 Å². The minimum Gasteiger partial charge on any atom is -0.394 e. The number of hydrogen-bond acceptors (Lipinski definition) is 17. The average Bonchev–Trinajstić information content (AvgIpc) is 2.96. The van der Waals surface area contributed by atoms with Crippen LogP contribution in [0.1, 0.15) is 26.2 Å². The third-order valence-corrected chi connectivity index (χ3v) is 8.19. The first-order valence-electron chi connectivity index (χ1n) is 14.3. The number of hydrogen-bond donors (Lipinski definition) is 12. The van der Waals surface area contributed by atoms with Crippen molar-refractivity contribution in [3.8, 4) is 0 Å². The number of nitrogens with one attached hydrogen (secondary N) is 1. The number of aliphatic hydroxyl groups is 8. The van der Waals surface area contributed by atoms with Crippen LogP contribution in [-0.4, -0.2) is 165 Å². The Kier molecular flexibility index (Phi) is 13.4. The lowest BCUT2D eigenvalue weighted by Crippen LogP contribution is -2.67. The number of ketones is 1. The predicted molar refractivity (Wildman–Crippen MR) is 142 cm³/mol. The van der Waals surface area contributed by atoms with Gasteiger partial charge in [-0.3, -0.25) is 4.79 Å². The molecule has 0 spiro atoms. The Morgan fingerprint density at radius 2 is 1.52 bits per heavy atom. The van der Waals surface area contributed by atoms with E-state index in [0.29, 0.717) is 6.54 Å². The van der Waals surface area contributed by atoms with Crippen LogP contribution in [0.25, 0.3) is 0 Å². The summed E-state index contributed by atoms with van der Waals surface area (Å²) in [4.78, 5) is 12.7. The van der Waals surface area contributed by atoms with Crippen molar-refractivity contribution in [1.82, 2.24) is 5.32 Å². The minimum absolute atomic E-state index is 0.00589. The molecule has 3 fully saturated rings. The molecule has 15 N–H and O–H groups in total. The predicted octanol–water partition coefficient (Wildman–Crippen LogP) is -6.68. The lowest BCUT2D eigenvalue weighted by Gasteiger charge is -2.49. The van der Waals surface area contributed by atoms with Crippen molar-refractivity contribution >= 4 is 5.78 Å². The number of carbonyl (C=O) groups is 1. The van der Waals surface area contributed by atoms with Gasteiger partial charge in [-0.05, 0) is 31.8 Å². The quantitative estimate of drug-likeness (QED) is 0.0919. The summed E-state index contributed by atoms with van der Waals surface area (Å²) in [7, 11) is 0. The molecule has 2 heterocycles. The minimum atomic E-state index is -1.71. The molecule has 0 amide bonds. The van der Waals surface area contributed by atoms with Gasteiger partial charge in [-0.1, -0.05) is 6.92 Å². The van der Waals surface area contributed by atoms with Gasteiger partial charge in [-0.25, -0.2) is 0 Å². The summed E-state index contributed by atoms with van der Waals surface area (Å²) in [5.41, 5.74) is 17.7. The summed E-state index contributed by atoms with van der Waals surface area (Å²) in [5.74, 6) is -1.43. The fourth-order valence-corrected chi connectivity index (χ4v) is 5.64. The molecule has 2 saturated heterocycles. The van der Waals surface area contributed by atoms with Gasteiger partial charge in [-0.15, -0.1) is 0 Å². The van der Waals surface area contributed by atoms with Crippen LogP contribution in [0.15, 0.2) is 0 Å². The van der Waals surface area contributed by atoms with Gasteiger partial charge in [0.15, 0.2) is 18.4 Å². The largest absolute Gasteiger partial charge is 0.394 e. The number of rotatable bonds is 13. The van der Waals surface area contributed by atoms with Crippen LogP contribution in [0, 0.1) is 5.92 Å². The molecule has 17 nitrogen and oxygen atoms in total. The highest BCUT2D eigenvalue weighted by Gasteiger charge is 2.52. The van der Waals surface area contributed by atoms with E-state index in [-0.39, 0.29) is 32.4 Å². The van der Waals surface area contributed by atoms with Gasteiger partial charge in [0.05, 0.1) is 18.8 Å². The van der Waals surface area contributed by atoms with Crippen LogP contribution < -0.4 is 22.5 Å². The summed E-state index contributed by atoms with van der Waals surface area (Å²) in [6, 6.07) is -2.25. The van der Waals surface area contributed by atoms with Gasteiger partial charge in [-0.2, -0.15) is 0 Å². The van der Waals surface area contributed by atoms with Crippen molar-refractivity contribution in [2.45, 2.75) is 118 Å². The topological polar surface area (TPSA) is 306 Å². The smallest absolute Gasteiger partial charge is 0.187 e. The first kappa shape index (κ1) is 35.5. The molecule has 0 aromatic heterocycles. The fourth-order valence-electron chi connectivity index (χ4n) is 5.64. The van der Waals surface area contributed by atoms with Gasteiger partial charge in [0.25, 0.3) is 0 Å². The molecule has 0 aromatic carbocycles. The Bertz CT molecular complexity index is 846. The first-order chi connectivity index (χ1) is 19.9. The molecule has 17 heteroatoms. The number of aliphatic hydroxyl groups excluding tert-OH is 8. The van der Waals surface area contributed by atoms with Crippen LogP contribution >= 0.6 is 0 Å². The molecule has 0 aromatic rings. The zero-order valence-electron chi connectivity index (χ0n) is 23.5. The Morgan fingerprint density at radius 3 is 2.14 bits per heavy atom. The maximum absolute atomic E-state index is 12.7. The van der Waals surface area contributed by atoms with Gasteiger partial charge < -0.3 is 82.3 Å². The molecular weight excluding hydrogens is 564 g/mol.